The zero-order valence-electron chi connectivity index (χ0n) is 14.0. The van der Waals surface area contributed by atoms with Gasteiger partial charge in [0.1, 0.15) is 5.75 Å². The summed E-state index contributed by atoms with van der Waals surface area (Å²) in [4.78, 5) is 2.17. The van der Waals surface area contributed by atoms with Crippen LogP contribution in [0.5, 0.6) is 5.75 Å². The van der Waals surface area contributed by atoms with Crippen molar-refractivity contribution in [2.75, 3.05) is 27.7 Å². The van der Waals surface area contributed by atoms with Gasteiger partial charge in [0.05, 0.1) is 7.11 Å². The second-order valence-electron chi connectivity index (χ2n) is 6.13. The highest BCUT2D eigenvalue weighted by molar-refractivity contribution is 5.77. The highest BCUT2D eigenvalue weighted by Gasteiger charge is 2.19. The summed E-state index contributed by atoms with van der Waals surface area (Å²) in [6.45, 7) is 0.936. The van der Waals surface area contributed by atoms with Crippen LogP contribution >= 0.6 is 0 Å². The highest BCUT2D eigenvalue weighted by Crippen LogP contribution is 2.37. The third-order valence-corrected chi connectivity index (χ3v) is 4.20. The molecule has 0 saturated carbocycles. The van der Waals surface area contributed by atoms with Crippen molar-refractivity contribution in [3.05, 3.63) is 76.9 Å². The Morgan fingerprint density at radius 2 is 1.74 bits per heavy atom. The number of methoxy groups -OCH3 is 1. The largest absolute Gasteiger partial charge is 0.497 e. The molecular formula is C21H23NO. The summed E-state index contributed by atoms with van der Waals surface area (Å²) in [6.07, 6.45) is 8.97. The molecule has 0 radical (unpaired) electrons. The molecule has 0 bridgehead atoms. The van der Waals surface area contributed by atoms with Gasteiger partial charge in [-0.3, -0.25) is 0 Å². The standard InChI is InChI=1S/C21H23NO/c1-22(2)14-6-9-20-19-8-5-4-7-16(19)10-11-17-12-13-18(23-3)15-21(17)20/h4-13,15,20H,14H2,1-3H3. The summed E-state index contributed by atoms with van der Waals surface area (Å²) < 4.78 is 5.44. The summed E-state index contributed by atoms with van der Waals surface area (Å²) in [5, 5.41) is 0. The minimum Gasteiger partial charge on any atom is -0.497 e. The molecule has 0 saturated heterocycles. The molecule has 2 aromatic carbocycles. The minimum absolute atomic E-state index is 0.242. The van der Waals surface area contributed by atoms with Crippen molar-refractivity contribution < 1.29 is 4.74 Å². The number of nitrogens with zero attached hydrogens (tertiary/aromatic N) is 1. The Morgan fingerprint density at radius 1 is 1.00 bits per heavy atom. The van der Waals surface area contributed by atoms with Crippen LogP contribution in [-0.4, -0.2) is 32.6 Å². The van der Waals surface area contributed by atoms with Crippen molar-refractivity contribution in [1.82, 2.24) is 4.90 Å². The van der Waals surface area contributed by atoms with Gasteiger partial charge in [-0.05, 0) is 48.5 Å². The van der Waals surface area contributed by atoms with E-state index < -0.39 is 0 Å². The third kappa shape index (κ3) is 3.38. The maximum Gasteiger partial charge on any atom is 0.119 e. The van der Waals surface area contributed by atoms with Gasteiger partial charge in [0.15, 0.2) is 0 Å². The van der Waals surface area contributed by atoms with Crippen molar-refractivity contribution in [2.24, 2.45) is 0 Å². The lowest BCUT2D eigenvalue weighted by Gasteiger charge is -2.18. The summed E-state index contributed by atoms with van der Waals surface area (Å²) in [7, 11) is 5.90. The maximum absolute atomic E-state index is 5.44. The molecule has 0 aliphatic heterocycles. The Bertz CT molecular complexity index is 743. The number of hydrogen-bond acceptors (Lipinski definition) is 2. The summed E-state index contributed by atoms with van der Waals surface area (Å²) in [6, 6.07) is 14.9. The van der Waals surface area contributed by atoms with E-state index in [9.17, 15) is 0 Å². The van der Waals surface area contributed by atoms with Gasteiger partial charge in [0, 0.05) is 12.5 Å². The molecule has 2 nitrogen and oxygen atoms in total. The van der Waals surface area contributed by atoms with E-state index in [0.717, 1.165) is 12.3 Å². The first-order valence-corrected chi connectivity index (χ1v) is 7.95. The molecule has 1 aliphatic carbocycles. The molecule has 3 rings (SSSR count). The Labute approximate surface area is 138 Å². The molecule has 23 heavy (non-hydrogen) atoms. The van der Waals surface area contributed by atoms with Crippen LogP contribution in [0.2, 0.25) is 0 Å². The van der Waals surface area contributed by atoms with E-state index >= 15 is 0 Å². The van der Waals surface area contributed by atoms with Crippen LogP contribution in [0.1, 0.15) is 28.2 Å². The Balaban J connectivity index is 2.11. The van der Waals surface area contributed by atoms with Crippen LogP contribution in [0.25, 0.3) is 12.2 Å². The van der Waals surface area contributed by atoms with Crippen LogP contribution in [0.4, 0.5) is 0 Å². The van der Waals surface area contributed by atoms with Crippen molar-refractivity contribution in [1.29, 1.82) is 0 Å². The first-order valence-electron chi connectivity index (χ1n) is 7.95. The van der Waals surface area contributed by atoms with Crippen LogP contribution in [0, 0.1) is 0 Å². The highest BCUT2D eigenvalue weighted by atomic mass is 16.5. The van der Waals surface area contributed by atoms with Gasteiger partial charge in [-0.2, -0.15) is 0 Å². The van der Waals surface area contributed by atoms with E-state index in [0.29, 0.717) is 0 Å². The molecule has 0 spiro atoms. The van der Waals surface area contributed by atoms with Crippen molar-refractivity contribution in [3.8, 4) is 5.75 Å². The summed E-state index contributed by atoms with van der Waals surface area (Å²) >= 11 is 0. The monoisotopic (exact) mass is 305 g/mol. The number of hydrogen-bond donors (Lipinski definition) is 0. The quantitative estimate of drug-likeness (QED) is 0.775. The molecule has 0 aromatic heterocycles. The van der Waals surface area contributed by atoms with E-state index in [1.165, 1.54) is 22.3 Å². The molecule has 1 atom stereocenters. The molecule has 2 aromatic rings. The lowest BCUT2D eigenvalue weighted by molar-refractivity contribution is 0.414. The molecule has 0 N–H and O–H groups in total. The fourth-order valence-corrected chi connectivity index (χ4v) is 3.01. The molecule has 0 heterocycles. The molecular weight excluding hydrogens is 282 g/mol. The van der Waals surface area contributed by atoms with E-state index in [2.05, 4.69) is 79.7 Å². The van der Waals surface area contributed by atoms with Crippen LogP contribution < -0.4 is 4.74 Å². The number of likely N-dealkylation sites (N-methyl/N-ethyl adjacent to an activating group) is 1. The van der Waals surface area contributed by atoms with Gasteiger partial charge >= 0.3 is 0 Å². The normalized spacial score (nSPS) is 16.3. The average molecular weight is 305 g/mol. The van der Waals surface area contributed by atoms with Crippen LogP contribution in [-0.2, 0) is 0 Å². The second kappa shape index (κ2) is 6.84. The Morgan fingerprint density at radius 3 is 2.48 bits per heavy atom. The minimum atomic E-state index is 0.242. The lowest BCUT2D eigenvalue weighted by Crippen LogP contribution is -2.11. The molecule has 118 valence electrons. The van der Waals surface area contributed by atoms with Gasteiger partial charge in [-0.1, -0.05) is 54.6 Å². The van der Waals surface area contributed by atoms with Crippen molar-refractivity contribution in [2.45, 2.75) is 5.92 Å². The van der Waals surface area contributed by atoms with Gasteiger partial charge in [-0.15, -0.1) is 0 Å². The van der Waals surface area contributed by atoms with Crippen LogP contribution in [0.15, 0.2) is 54.6 Å². The third-order valence-electron chi connectivity index (χ3n) is 4.20. The first-order chi connectivity index (χ1) is 11.2. The second-order valence-corrected chi connectivity index (χ2v) is 6.13. The molecule has 2 heteroatoms. The maximum atomic E-state index is 5.44. The predicted octanol–water partition coefficient (Wildman–Crippen LogP) is 4.43. The average Bonchev–Trinajstić information content (AvgIpc) is 2.71. The van der Waals surface area contributed by atoms with Gasteiger partial charge in [-0.25, -0.2) is 0 Å². The molecule has 1 unspecified atom stereocenters. The fourth-order valence-electron chi connectivity index (χ4n) is 3.01. The number of allylic oxidation sites excluding steroid dienone is 1. The number of rotatable bonds is 4. The van der Waals surface area contributed by atoms with E-state index in [1.807, 2.05) is 6.07 Å². The topological polar surface area (TPSA) is 12.5 Å². The van der Waals surface area contributed by atoms with Gasteiger partial charge in [0.2, 0.25) is 0 Å². The summed E-state index contributed by atoms with van der Waals surface area (Å²) in [5.41, 5.74) is 5.16. The van der Waals surface area contributed by atoms with E-state index in [4.69, 9.17) is 4.74 Å². The first kappa shape index (κ1) is 15.6. The van der Waals surface area contributed by atoms with Gasteiger partial charge < -0.3 is 9.64 Å². The number of benzene rings is 2. The molecule has 0 amide bonds. The zero-order valence-corrected chi connectivity index (χ0v) is 14.0. The Kier molecular flexibility index (Phi) is 4.63. The van der Waals surface area contributed by atoms with Crippen molar-refractivity contribution >= 4 is 12.2 Å². The molecule has 1 aliphatic rings. The SMILES string of the molecule is COc1ccc2c(c1)C(C=CCN(C)C)c1ccccc1C=C2. The lowest BCUT2D eigenvalue weighted by atomic mass is 9.87. The smallest absolute Gasteiger partial charge is 0.119 e. The number of fused-ring (bicyclic) bond motifs is 2. The Hall–Kier alpha value is -2.32. The fraction of sp³-hybridized carbons (Fsp3) is 0.238. The number of ether oxygens (including phenoxy) is 1. The predicted molar refractivity (Wildman–Crippen MR) is 97.9 cm³/mol. The van der Waals surface area contributed by atoms with E-state index in [-0.39, 0.29) is 5.92 Å². The molecule has 0 fully saturated rings. The van der Waals surface area contributed by atoms with E-state index in [1.54, 1.807) is 7.11 Å². The summed E-state index contributed by atoms with van der Waals surface area (Å²) in [5.74, 6) is 1.15. The zero-order chi connectivity index (χ0) is 16.2. The van der Waals surface area contributed by atoms with Crippen molar-refractivity contribution in [3.63, 3.8) is 0 Å². The van der Waals surface area contributed by atoms with Gasteiger partial charge in [0.25, 0.3) is 0 Å². The van der Waals surface area contributed by atoms with Crippen LogP contribution in [0.3, 0.4) is 0 Å².